The van der Waals surface area contributed by atoms with E-state index in [0.717, 1.165) is 16.9 Å². The van der Waals surface area contributed by atoms with Crippen LogP contribution in [-0.4, -0.2) is 13.1 Å². The lowest BCUT2D eigenvalue weighted by Gasteiger charge is -2.23. The second-order valence-corrected chi connectivity index (χ2v) is 5.67. The number of nitrogens with one attached hydrogen (secondary N) is 1. The van der Waals surface area contributed by atoms with E-state index in [1.54, 1.807) is 11.8 Å². The number of ether oxygens (including phenoxy) is 1. The van der Waals surface area contributed by atoms with E-state index in [-0.39, 0.29) is 5.97 Å². The van der Waals surface area contributed by atoms with E-state index in [4.69, 9.17) is 4.74 Å². The zero-order valence-corrected chi connectivity index (χ0v) is 12.0. The Bertz CT molecular complexity index is 655. The first kappa shape index (κ1) is 13.1. The van der Waals surface area contributed by atoms with Crippen LogP contribution in [0.2, 0.25) is 0 Å². The number of methoxy groups -OCH3 is 1. The van der Waals surface area contributed by atoms with Gasteiger partial charge in [-0.05, 0) is 30.2 Å². The van der Waals surface area contributed by atoms with Gasteiger partial charge in [-0.2, -0.15) is 0 Å². The van der Waals surface area contributed by atoms with E-state index < -0.39 is 0 Å². The molecular weight excluding hydrogens is 270 g/mol. The molecule has 1 N–H and O–H groups in total. The third kappa shape index (κ3) is 2.51. The maximum absolute atomic E-state index is 11.3. The van der Waals surface area contributed by atoms with Crippen LogP contribution < -0.4 is 5.32 Å². The molecule has 4 heteroatoms. The summed E-state index contributed by atoms with van der Waals surface area (Å²) in [6.45, 7) is 0. The zero-order valence-electron chi connectivity index (χ0n) is 11.2. The lowest BCUT2D eigenvalue weighted by Crippen LogP contribution is -2.06. The van der Waals surface area contributed by atoms with Crippen LogP contribution in [0.25, 0.3) is 0 Å². The molecule has 1 heterocycles. The Balaban J connectivity index is 1.88. The van der Waals surface area contributed by atoms with E-state index in [1.807, 2.05) is 18.2 Å². The Morgan fingerprint density at radius 2 is 1.95 bits per heavy atom. The number of para-hydroxylation sites is 2. The Hall–Kier alpha value is -1.94. The van der Waals surface area contributed by atoms with Gasteiger partial charge in [-0.1, -0.05) is 36.0 Å². The summed E-state index contributed by atoms with van der Waals surface area (Å²) in [7, 11) is 1.42. The molecule has 1 aliphatic rings. The number of rotatable bonds is 3. The number of fused-ring (bicyclic) bond motifs is 2. The SMILES string of the molecule is COC(=O)CCc1cccc2c1Nc1ccccc1S2. The summed E-state index contributed by atoms with van der Waals surface area (Å²) in [6.07, 6.45) is 1.09. The van der Waals surface area contributed by atoms with Crippen molar-refractivity contribution < 1.29 is 9.53 Å². The third-order valence-electron chi connectivity index (χ3n) is 3.31. The number of anilines is 2. The van der Waals surface area contributed by atoms with Crippen LogP contribution in [0.5, 0.6) is 0 Å². The number of hydrogen-bond acceptors (Lipinski definition) is 4. The predicted octanol–water partition coefficient (Wildman–Crippen LogP) is 4.00. The average molecular weight is 285 g/mol. The van der Waals surface area contributed by atoms with Crippen molar-refractivity contribution in [1.82, 2.24) is 0 Å². The van der Waals surface area contributed by atoms with Gasteiger partial charge < -0.3 is 10.1 Å². The van der Waals surface area contributed by atoms with Crippen molar-refractivity contribution in [2.45, 2.75) is 22.6 Å². The largest absolute Gasteiger partial charge is 0.469 e. The second-order valence-electron chi connectivity index (χ2n) is 4.59. The van der Waals surface area contributed by atoms with Gasteiger partial charge in [0.25, 0.3) is 0 Å². The summed E-state index contributed by atoms with van der Waals surface area (Å²) in [4.78, 5) is 13.7. The maximum atomic E-state index is 11.3. The average Bonchev–Trinajstić information content (AvgIpc) is 2.50. The number of carbonyl (C=O) groups is 1. The number of aryl methyl sites for hydroxylation is 1. The summed E-state index contributed by atoms with van der Waals surface area (Å²) in [5.74, 6) is -0.175. The molecule has 0 fully saturated rings. The molecule has 3 nitrogen and oxygen atoms in total. The second kappa shape index (κ2) is 5.59. The van der Waals surface area contributed by atoms with Crippen molar-refractivity contribution in [3.8, 4) is 0 Å². The minimum absolute atomic E-state index is 0.175. The fourth-order valence-corrected chi connectivity index (χ4v) is 3.31. The van der Waals surface area contributed by atoms with Crippen LogP contribution in [0.15, 0.2) is 52.3 Å². The summed E-state index contributed by atoms with van der Waals surface area (Å²) < 4.78 is 4.71. The molecule has 0 radical (unpaired) electrons. The first-order valence-corrected chi connectivity index (χ1v) is 7.32. The van der Waals surface area contributed by atoms with E-state index in [9.17, 15) is 4.79 Å². The lowest BCUT2D eigenvalue weighted by molar-refractivity contribution is -0.140. The van der Waals surface area contributed by atoms with Gasteiger partial charge in [0.15, 0.2) is 0 Å². The Labute approximate surface area is 122 Å². The quantitative estimate of drug-likeness (QED) is 0.738. The molecule has 0 saturated carbocycles. The molecule has 2 aromatic rings. The molecule has 0 aliphatic carbocycles. The highest BCUT2D eigenvalue weighted by Gasteiger charge is 2.18. The van der Waals surface area contributed by atoms with Gasteiger partial charge in [0.1, 0.15) is 0 Å². The molecule has 0 bridgehead atoms. The molecule has 2 aromatic carbocycles. The van der Waals surface area contributed by atoms with Crippen molar-refractivity contribution in [3.63, 3.8) is 0 Å². The number of carbonyl (C=O) groups excluding carboxylic acids is 1. The van der Waals surface area contributed by atoms with Crippen molar-refractivity contribution >= 4 is 29.1 Å². The third-order valence-corrected chi connectivity index (χ3v) is 4.44. The molecule has 0 spiro atoms. The Morgan fingerprint density at radius 3 is 2.80 bits per heavy atom. The fourth-order valence-electron chi connectivity index (χ4n) is 2.26. The van der Waals surface area contributed by atoms with Crippen molar-refractivity contribution in [1.29, 1.82) is 0 Å². The van der Waals surface area contributed by atoms with E-state index >= 15 is 0 Å². The van der Waals surface area contributed by atoms with Gasteiger partial charge in [0, 0.05) is 16.2 Å². The molecule has 20 heavy (non-hydrogen) atoms. The highest BCUT2D eigenvalue weighted by Crippen LogP contribution is 2.45. The standard InChI is InChI=1S/C16H15NO2S/c1-19-15(18)10-9-11-5-4-8-14-16(11)17-12-6-2-3-7-13(12)20-14/h2-8,17H,9-10H2,1H3. The zero-order chi connectivity index (χ0) is 13.9. The Morgan fingerprint density at radius 1 is 1.15 bits per heavy atom. The van der Waals surface area contributed by atoms with Crippen molar-refractivity contribution in [3.05, 3.63) is 48.0 Å². The predicted molar refractivity (Wildman–Crippen MR) is 80.6 cm³/mol. The van der Waals surface area contributed by atoms with E-state index in [1.165, 1.54) is 16.9 Å². The number of hydrogen-bond donors (Lipinski definition) is 1. The maximum Gasteiger partial charge on any atom is 0.305 e. The van der Waals surface area contributed by atoms with Crippen LogP contribution in [-0.2, 0) is 16.0 Å². The summed E-state index contributed by atoms with van der Waals surface area (Å²) >= 11 is 1.76. The van der Waals surface area contributed by atoms with E-state index in [2.05, 4.69) is 29.6 Å². The topological polar surface area (TPSA) is 38.3 Å². The van der Waals surface area contributed by atoms with E-state index in [0.29, 0.717) is 12.8 Å². The minimum Gasteiger partial charge on any atom is -0.469 e. The molecule has 102 valence electrons. The molecule has 0 saturated heterocycles. The molecule has 0 aromatic heterocycles. The van der Waals surface area contributed by atoms with Crippen LogP contribution >= 0.6 is 11.8 Å². The molecule has 3 rings (SSSR count). The molecule has 0 atom stereocenters. The first-order chi connectivity index (χ1) is 9.78. The van der Waals surface area contributed by atoms with Gasteiger partial charge in [-0.25, -0.2) is 0 Å². The normalized spacial score (nSPS) is 12.1. The molecule has 0 amide bonds. The van der Waals surface area contributed by atoms with Crippen molar-refractivity contribution in [2.24, 2.45) is 0 Å². The molecule has 1 aliphatic heterocycles. The Kier molecular flexibility index (Phi) is 3.65. The van der Waals surface area contributed by atoms with Crippen molar-refractivity contribution in [2.75, 3.05) is 12.4 Å². The summed E-state index contributed by atoms with van der Waals surface area (Å²) in [5, 5.41) is 3.48. The highest BCUT2D eigenvalue weighted by atomic mass is 32.2. The summed E-state index contributed by atoms with van der Waals surface area (Å²) in [5.41, 5.74) is 3.38. The fraction of sp³-hybridized carbons (Fsp3) is 0.188. The van der Waals surface area contributed by atoms with Gasteiger partial charge in [-0.15, -0.1) is 0 Å². The van der Waals surface area contributed by atoms with Crippen LogP contribution in [0, 0.1) is 0 Å². The molecule has 0 unspecified atom stereocenters. The first-order valence-electron chi connectivity index (χ1n) is 6.50. The number of benzene rings is 2. The van der Waals surface area contributed by atoms with Gasteiger partial charge in [-0.3, -0.25) is 4.79 Å². The molecular formula is C16H15NO2S. The van der Waals surface area contributed by atoms with Gasteiger partial charge in [0.05, 0.1) is 18.5 Å². The van der Waals surface area contributed by atoms with Crippen LogP contribution in [0.4, 0.5) is 11.4 Å². The smallest absolute Gasteiger partial charge is 0.305 e. The lowest BCUT2D eigenvalue weighted by atomic mass is 10.1. The minimum atomic E-state index is -0.175. The monoisotopic (exact) mass is 285 g/mol. The van der Waals surface area contributed by atoms with Crippen LogP contribution in [0.3, 0.4) is 0 Å². The van der Waals surface area contributed by atoms with Gasteiger partial charge in [0.2, 0.25) is 0 Å². The van der Waals surface area contributed by atoms with Gasteiger partial charge >= 0.3 is 5.97 Å². The van der Waals surface area contributed by atoms with Crippen LogP contribution in [0.1, 0.15) is 12.0 Å². The summed E-state index contributed by atoms with van der Waals surface area (Å²) in [6, 6.07) is 14.4. The number of esters is 1. The highest BCUT2D eigenvalue weighted by molar-refractivity contribution is 7.99.